The first-order chi connectivity index (χ1) is 11.1. The van der Waals surface area contributed by atoms with Crippen LogP contribution in [0.5, 0.6) is 5.75 Å². The molecule has 3 heteroatoms. The van der Waals surface area contributed by atoms with E-state index in [0.29, 0.717) is 15.8 Å². The first-order valence-electron chi connectivity index (χ1n) is 7.35. The molecule has 0 spiro atoms. The van der Waals surface area contributed by atoms with Crippen molar-refractivity contribution >= 4 is 23.2 Å². The fourth-order valence-corrected chi connectivity index (χ4v) is 3.06. The van der Waals surface area contributed by atoms with Gasteiger partial charge in [-0.1, -0.05) is 89.9 Å². The minimum atomic E-state index is -0.697. The molecule has 3 rings (SSSR count). The van der Waals surface area contributed by atoms with Crippen LogP contribution in [0.2, 0.25) is 10.0 Å². The second-order valence-corrected chi connectivity index (χ2v) is 6.23. The summed E-state index contributed by atoms with van der Waals surface area (Å²) in [4.78, 5) is 0. The third kappa shape index (κ3) is 3.21. The summed E-state index contributed by atoms with van der Waals surface area (Å²) in [5.74, 6) is 0.492. The van der Waals surface area contributed by atoms with E-state index in [9.17, 15) is 0 Å². The van der Waals surface area contributed by atoms with Crippen molar-refractivity contribution in [3.63, 3.8) is 0 Å². The quantitative estimate of drug-likeness (QED) is 0.537. The summed E-state index contributed by atoms with van der Waals surface area (Å²) < 4.78 is 6.37. The summed E-state index contributed by atoms with van der Waals surface area (Å²) in [6.45, 7) is 2.03. The number of rotatable bonds is 4. The molecule has 0 aliphatic carbocycles. The Morgan fingerprint density at radius 2 is 1.09 bits per heavy atom. The highest BCUT2D eigenvalue weighted by molar-refractivity contribution is 6.37. The molecule has 0 bridgehead atoms. The number of halogens is 2. The molecule has 3 aromatic carbocycles. The molecule has 0 heterocycles. The van der Waals surface area contributed by atoms with Crippen LogP contribution in [0, 0.1) is 0 Å². The highest BCUT2D eigenvalue weighted by Gasteiger charge is 2.32. The van der Waals surface area contributed by atoms with Crippen molar-refractivity contribution in [2.75, 3.05) is 0 Å². The molecular formula is C20H16Cl2O. The van der Waals surface area contributed by atoms with Crippen molar-refractivity contribution < 1.29 is 4.74 Å². The molecule has 0 N–H and O–H groups in total. The van der Waals surface area contributed by atoms with Crippen molar-refractivity contribution in [1.82, 2.24) is 0 Å². The van der Waals surface area contributed by atoms with Crippen molar-refractivity contribution in [3.8, 4) is 5.75 Å². The maximum Gasteiger partial charge on any atom is 0.158 e. The standard InChI is InChI=1S/C20H16Cl2O/c1-20(15-9-4-2-5-10-15,16-11-6-3-7-12-16)23-19-17(21)13-8-14-18(19)22/h2-14H,1H3. The predicted molar refractivity (Wildman–Crippen MR) is 96.4 cm³/mol. The van der Waals surface area contributed by atoms with Gasteiger partial charge in [0.15, 0.2) is 11.4 Å². The van der Waals surface area contributed by atoms with Gasteiger partial charge in [0.05, 0.1) is 10.0 Å². The smallest absolute Gasteiger partial charge is 0.158 e. The molecule has 0 saturated heterocycles. The van der Waals surface area contributed by atoms with E-state index in [1.807, 2.05) is 67.6 Å². The van der Waals surface area contributed by atoms with Crippen LogP contribution in [0.15, 0.2) is 78.9 Å². The maximum atomic E-state index is 6.37. The summed E-state index contributed by atoms with van der Waals surface area (Å²) in [6.07, 6.45) is 0. The average molecular weight is 343 g/mol. The molecule has 0 unspecified atom stereocenters. The molecule has 0 aliphatic heterocycles. The van der Waals surface area contributed by atoms with Crippen LogP contribution >= 0.6 is 23.2 Å². The third-order valence-corrected chi connectivity index (χ3v) is 4.47. The SMILES string of the molecule is CC(Oc1c(Cl)cccc1Cl)(c1ccccc1)c1ccccc1. The van der Waals surface area contributed by atoms with E-state index >= 15 is 0 Å². The van der Waals surface area contributed by atoms with E-state index in [1.165, 1.54) is 0 Å². The second-order valence-electron chi connectivity index (χ2n) is 5.42. The molecule has 0 saturated carbocycles. The zero-order chi connectivity index (χ0) is 16.3. The first-order valence-corrected chi connectivity index (χ1v) is 8.11. The van der Waals surface area contributed by atoms with E-state index in [0.717, 1.165) is 11.1 Å². The average Bonchev–Trinajstić information content (AvgIpc) is 2.60. The van der Waals surface area contributed by atoms with Gasteiger partial charge in [0, 0.05) is 0 Å². The highest BCUT2D eigenvalue weighted by Crippen LogP contribution is 2.40. The van der Waals surface area contributed by atoms with Gasteiger partial charge in [0.25, 0.3) is 0 Å². The van der Waals surface area contributed by atoms with Crippen molar-refractivity contribution in [2.24, 2.45) is 0 Å². The van der Waals surface area contributed by atoms with E-state index < -0.39 is 5.60 Å². The fraction of sp³-hybridized carbons (Fsp3) is 0.100. The zero-order valence-electron chi connectivity index (χ0n) is 12.7. The summed E-state index contributed by atoms with van der Waals surface area (Å²) in [7, 11) is 0. The Hall–Kier alpha value is -1.96. The molecule has 0 aromatic heterocycles. The van der Waals surface area contributed by atoms with Crippen LogP contribution in [0.25, 0.3) is 0 Å². The van der Waals surface area contributed by atoms with Gasteiger partial charge in [0.1, 0.15) is 0 Å². The molecule has 1 nitrogen and oxygen atoms in total. The van der Waals surface area contributed by atoms with Gasteiger partial charge >= 0.3 is 0 Å². The van der Waals surface area contributed by atoms with Crippen LogP contribution in [0.1, 0.15) is 18.1 Å². The zero-order valence-corrected chi connectivity index (χ0v) is 14.2. The maximum absolute atomic E-state index is 6.37. The van der Waals surface area contributed by atoms with Crippen LogP contribution < -0.4 is 4.74 Å². The highest BCUT2D eigenvalue weighted by atomic mass is 35.5. The molecule has 0 aliphatic rings. The second kappa shape index (κ2) is 6.66. The van der Waals surface area contributed by atoms with Gasteiger partial charge in [-0.05, 0) is 30.2 Å². The van der Waals surface area contributed by atoms with E-state index in [-0.39, 0.29) is 0 Å². The van der Waals surface area contributed by atoms with E-state index in [2.05, 4.69) is 0 Å². The van der Waals surface area contributed by atoms with Gasteiger partial charge in [-0.2, -0.15) is 0 Å². The molecule has 3 aromatic rings. The van der Waals surface area contributed by atoms with Crippen LogP contribution in [0.4, 0.5) is 0 Å². The summed E-state index contributed by atoms with van der Waals surface area (Å²) in [5.41, 5.74) is 1.36. The lowest BCUT2D eigenvalue weighted by molar-refractivity contribution is 0.132. The molecule has 0 atom stereocenters. The van der Waals surface area contributed by atoms with E-state index in [1.54, 1.807) is 18.2 Å². The lowest BCUT2D eigenvalue weighted by atomic mass is 9.88. The lowest BCUT2D eigenvalue weighted by Gasteiger charge is -2.32. The normalized spacial score (nSPS) is 11.3. The Bertz CT molecular complexity index is 726. The predicted octanol–water partition coefficient (Wildman–Crippen LogP) is 6.34. The van der Waals surface area contributed by atoms with Crippen LogP contribution in [-0.2, 0) is 5.60 Å². The number of benzene rings is 3. The first kappa shape index (κ1) is 15.9. The molecule has 0 fully saturated rings. The van der Waals surface area contributed by atoms with Crippen LogP contribution in [0.3, 0.4) is 0 Å². The van der Waals surface area contributed by atoms with Gasteiger partial charge in [-0.25, -0.2) is 0 Å². The minimum absolute atomic E-state index is 0.492. The number of ether oxygens (including phenoxy) is 1. The molecular weight excluding hydrogens is 327 g/mol. The van der Waals surface area contributed by atoms with Gasteiger partial charge in [0.2, 0.25) is 0 Å². The fourth-order valence-electron chi connectivity index (χ4n) is 2.58. The van der Waals surface area contributed by atoms with Crippen LogP contribution in [-0.4, -0.2) is 0 Å². The summed E-state index contributed by atoms with van der Waals surface area (Å²) in [6, 6.07) is 25.5. The van der Waals surface area contributed by atoms with E-state index in [4.69, 9.17) is 27.9 Å². The van der Waals surface area contributed by atoms with Crippen molar-refractivity contribution in [1.29, 1.82) is 0 Å². The molecule has 0 radical (unpaired) electrons. The molecule has 116 valence electrons. The molecule has 0 amide bonds. The van der Waals surface area contributed by atoms with Crippen molar-refractivity contribution in [2.45, 2.75) is 12.5 Å². The van der Waals surface area contributed by atoms with Crippen molar-refractivity contribution in [3.05, 3.63) is 100 Å². The number of hydrogen-bond donors (Lipinski definition) is 0. The Balaban J connectivity index is 2.14. The largest absolute Gasteiger partial charge is 0.475 e. The van der Waals surface area contributed by atoms with Gasteiger partial charge in [-0.15, -0.1) is 0 Å². The minimum Gasteiger partial charge on any atom is -0.475 e. The Morgan fingerprint density at radius 1 is 0.652 bits per heavy atom. The number of para-hydroxylation sites is 1. The monoisotopic (exact) mass is 342 g/mol. The third-order valence-electron chi connectivity index (χ3n) is 3.87. The Labute approximate surface area is 146 Å². The topological polar surface area (TPSA) is 9.23 Å². The summed E-state index contributed by atoms with van der Waals surface area (Å²) in [5, 5.41) is 0.992. The molecule has 23 heavy (non-hydrogen) atoms. The summed E-state index contributed by atoms with van der Waals surface area (Å²) >= 11 is 12.6. The van der Waals surface area contributed by atoms with Gasteiger partial charge < -0.3 is 4.74 Å². The Kier molecular flexibility index (Phi) is 4.61. The Morgan fingerprint density at radius 3 is 1.52 bits per heavy atom. The lowest BCUT2D eigenvalue weighted by Crippen LogP contribution is -2.31. The van der Waals surface area contributed by atoms with Gasteiger partial charge in [-0.3, -0.25) is 0 Å². The number of hydrogen-bond acceptors (Lipinski definition) is 1.